The van der Waals surface area contributed by atoms with E-state index in [9.17, 15) is 9.59 Å². The van der Waals surface area contributed by atoms with Crippen LogP contribution in [0.3, 0.4) is 0 Å². The Bertz CT molecular complexity index is 1410. The normalized spacial score (nSPS) is 14.0. The predicted molar refractivity (Wildman–Crippen MR) is 145 cm³/mol. The number of halogens is 1. The van der Waals surface area contributed by atoms with Gasteiger partial charge in [0.05, 0.1) is 10.7 Å². The van der Waals surface area contributed by atoms with E-state index >= 15 is 0 Å². The molecule has 1 aliphatic rings. The van der Waals surface area contributed by atoms with Crippen LogP contribution in [0.15, 0.2) is 79.0 Å². The largest absolute Gasteiger partial charge is 0.322 e. The SMILES string of the molecule is CN1CCN(C(=O)Nc2ccc(C(=O)Nc3ccc(Cl)c(-c4nccc5ccccc45)c3)cc2)CC1. The lowest BCUT2D eigenvalue weighted by molar-refractivity contribution is 0.102. The molecule has 0 aliphatic carbocycles. The lowest BCUT2D eigenvalue weighted by Crippen LogP contribution is -2.48. The van der Waals surface area contributed by atoms with Crippen LogP contribution in [0.2, 0.25) is 5.02 Å². The standard InChI is InChI=1S/C28H26ClN5O2/c1-33-14-16-34(17-15-33)28(36)32-21-8-6-20(7-9-21)27(35)31-22-10-11-25(29)24(18-22)26-23-5-3-2-4-19(23)12-13-30-26/h2-13,18H,14-17H2,1H3,(H,31,35)(H,32,36). The number of fused-ring (bicyclic) bond motifs is 1. The maximum atomic E-state index is 12.9. The predicted octanol–water partition coefficient (Wildman–Crippen LogP) is 5.59. The molecule has 5 rings (SSSR count). The van der Waals surface area contributed by atoms with Crippen LogP contribution in [0.4, 0.5) is 16.2 Å². The van der Waals surface area contributed by atoms with Gasteiger partial charge in [-0.15, -0.1) is 0 Å². The first kappa shape index (κ1) is 23.8. The number of anilines is 2. The van der Waals surface area contributed by atoms with Gasteiger partial charge in [0.15, 0.2) is 0 Å². The summed E-state index contributed by atoms with van der Waals surface area (Å²) in [6.45, 7) is 3.10. The Kier molecular flexibility index (Phi) is 6.84. The van der Waals surface area contributed by atoms with E-state index in [1.54, 1.807) is 47.5 Å². The molecule has 36 heavy (non-hydrogen) atoms. The minimum atomic E-state index is -0.258. The molecule has 0 unspecified atom stereocenters. The van der Waals surface area contributed by atoms with Crippen LogP contribution in [0, 0.1) is 0 Å². The van der Waals surface area contributed by atoms with Crippen molar-refractivity contribution >= 4 is 45.7 Å². The van der Waals surface area contributed by atoms with Gasteiger partial charge in [-0.3, -0.25) is 9.78 Å². The van der Waals surface area contributed by atoms with Gasteiger partial charge in [-0.25, -0.2) is 4.79 Å². The lowest BCUT2D eigenvalue weighted by Gasteiger charge is -2.32. The van der Waals surface area contributed by atoms with Gasteiger partial charge >= 0.3 is 6.03 Å². The van der Waals surface area contributed by atoms with Crippen molar-refractivity contribution in [2.75, 3.05) is 43.9 Å². The average Bonchev–Trinajstić information content (AvgIpc) is 2.90. The minimum absolute atomic E-state index is 0.129. The van der Waals surface area contributed by atoms with Crippen LogP contribution in [0.1, 0.15) is 10.4 Å². The molecule has 3 aromatic carbocycles. The van der Waals surface area contributed by atoms with E-state index < -0.39 is 0 Å². The van der Waals surface area contributed by atoms with Crippen molar-refractivity contribution in [1.82, 2.24) is 14.8 Å². The molecule has 2 N–H and O–H groups in total. The second-order valence-electron chi connectivity index (χ2n) is 8.83. The van der Waals surface area contributed by atoms with Crippen molar-refractivity contribution in [2.45, 2.75) is 0 Å². The van der Waals surface area contributed by atoms with Gasteiger partial charge in [-0.2, -0.15) is 0 Å². The van der Waals surface area contributed by atoms with Gasteiger partial charge in [0.2, 0.25) is 0 Å². The van der Waals surface area contributed by atoms with Crippen LogP contribution in [0.25, 0.3) is 22.0 Å². The van der Waals surface area contributed by atoms with Crippen LogP contribution in [-0.4, -0.2) is 59.9 Å². The van der Waals surface area contributed by atoms with E-state index in [0.717, 1.165) is 35.1 Å². The van der Waals surface area contributed by atoms with Crippen molar-refractivity contribution in [2.24, 2.45) is 0 Å². The Morgan fingerprint density at radius 1 is 0.861 bits per heavy atom. The van der Waals surface area contributed by atoms with Gasteiger partial charge in [-0.05, 0) is 61.0 Å². The maximum absolute atomic E-state index is 12.9. The van der Waals surface area contributed by atoms with Crippen molar-refractivity contribution in [3.8, 4) is 11.3 Å². The molecular formula is C28H26ClN5O2. The highest BCUT2D eigenvalue weighted by Gasteiger charge is 2.19. The fourth-order valence-corrected chi connectivity index (χ4v) is 4.45. The number of carbonyl (C=O) groups is 2. The summed E-state index contributed by atoms with van der Waals surface area (Å²) in [5.41, 5.74) is 3.24. The van der Waals surface area contributed by atoms with E-state index in [2.05, 4.69) is 20.5 Å². The summed E-state index contributed by atoms with van der Waals surface area (Å²) >= 11 is 6.51. The van der Waals surface area contributed by atoms with Crippen molar-refractivity contribution in [3.63, 3.8) is 0 Å². The third-order valence-corrected chi connectivity index (χ3v) is 6.67. The Morgan fingerprint density at radius 2 is 1.58 bits per heavy atom. The molecule has 3 amide bonds. The minimum Gasteiger partial charge on any atom is -0.322 e. The van der Waals surface area contributed by atoms with E-state index in [4.69, 9.17) is 11.6 Å². The zero-order valence-electron chi connectivity index (χ0n) is 19.9. The number of rotatable bonds is 4. The molecule has 1 fully saturated rings. The van der Waals surface area contributed by atoms with Crippen LogP contribution < -0.4 is 10.6 Å². The van der Waals surface area contributed by atoms with Crippen LogP contribution >= 0.6 is 11.6 Å². The number of carbonyl (C=O) groups excluding carboxylic acids is 2. The number of amides is 3. The highest BCUT2D eigenvalue weighted by molar-refractivity contribution is 6.33. The van der Waals surface area contributed by atoms with Gasteiger partial charge in [-0.1, -0.05) is 35.9 Å². The summed E-state index contributed by atoms with van der Waals surface area (Å²) in [5, 5.41) is 8.44. The molecule has 0 spiro atoms. The highest BCUT2D eigenvalue weighted by atomic mass is 35.5. The van der Waals surface area contributed by atoms with Gasteiger partial charge in [0.25, 0.3) is 5.91 Å². The number of nitrogens with zero attached hydrogens (tertiary/aromatic N) is 3. The smallest absolute Gasteiger partial charge is 0.321 e. The summed E-state index contributed by atoms with van der Waals surface area (Å²) in [6, 6.07) is 22.0. The molecule has 8 heteroatoms. The number of benzene rings is 3. The summed E-state index contributed by atoms with van der Waals surface area (Å²) in [7, 11) is 2.05. The molecule has 1 aromatic heterocycles. The summed E-state index contributed by atoms with van der Waals surface area (Å²) < 4.78 is 0. The number of likely N-dealkylation sites (N-methyl/N-ethyl adjacent to an activating group) is 1. The second-order valence-corrected chi connectivity index (χ2v) is 9.23. The molecule has 1 saturated heterocycles. The molecule has 1 aliphatic heterocycles. The molecule has 2 heterocycles. The number of hydrogen-bond donors (Lipinski definition) is 2. The Hall–Kier alpha value is -3.94. The van der Waals surface area contributed by atoms with E-state index in [1.165, 1.54) is 0 Å². The Labute approximate surface area is 214 Å². The van der Waals surface area contributed by atoms with Crippen molar-refractivity contribution < 1.29 is 9.59 Å². The molecule has 0 radical (unpaired) electrons. The molecule has 0 bridgehead atoms. The Balaban J connectivity index is 1.29. The van der Waals surface area contributed by atoms with Crippen molar-refractivity contribution in [3.05, 3.63) is 89.6 Å². The molecule has 4 aromatic rings. The second kappa shape index (κ2) is 10.4. The molecule has 0 atom stereocenters. The number of pyridine rings is 1. The first-order valence-corrected chi connectivity index (χ1v) is 12.2. The third kappa shape index (κ3) is 5.17. The number of piperazine rings is 1. The zero-order chi connectivity index (χ0) is 25.1. The zero-order valence-corrected chi connectivity index (χ0v) is 20.6. The van der Waals surface area contributed by atoms with E-state index in [0.29, 0.717) is 35.1 Å². The van der Waals surface area contributed by atoms with Gasteiger partial charge in [0, 0.05) is 60.3 Å². The topological polar surface area (TPSA) is 77.6 Å². The molecular weight excluding hydrogens is 474 g/mol. The fourth-order valence-electron chi connectivity index (χ4n) is 4.24. The van der Waals surface area contributed by atoms with Gasteiger partial charge < -0.3 is 20.4 Å². The molecule has 7 nitrogen and oxygen atoms in total. The first-order chi connectivity index (χ1) is 17.5. The number of aromatic nitrogens is 1. The summed E-state index contributed by atoms with van der Waals surface area (Å²) in [6.07, 6.45) is 1.75. The summed E-state index contributed by atoms with van der Waals surface area (Å²) in [4.78, 5) is 33.9. The number of urea groups is 1. The highest BCUT2D eigenvalue weighted by Crippen LogP contribution is 2.33. The Morgan fingerprint density at radius 3 is 2.36 bits per heavy atom. The third-order valence-electron chi connectivity index (χ3n) is 6.34. The van der Waals surface area contributed by atoms with Crippen LogP contribution in [0.5, 0.6) is 0 Å². The quantitative estimate of drug-likeness (QED) is 0.384. The van der Waals surface area contributed by atoms with E-state index in [1.807, 2.05) is 43.4 Å². The van der Waals surface area contributed by atoms with Crippen LogP contribution in [-0.2, 0) is 0 Å². The maximum Gasteiger partial charge on any atom is 0.321 e. The van der Waals surface area contributed by atoms with Gasteiger partial charge in [0.1, 0.15) is 0 Å². The fraction of sp³-hybridized carbons (Fsp3) is 0.179. The molecule has 182 valence electrons. The number of nitrogens with one attached hydrogen (secondary N) is 2. The average molecular weight is 500 g/mol. The van der Waals surface area contributed by atoms with E-state index in [-0.39, 0.29) is 11.9 Å². The molecule has 0 saturated carbocycles. The van der Waals surface area contributed by atoms with Crippen molar-refractivity contribution in [1.29, 1.82) is 0 Å². The number of hydrogen-bond acceptors (Lipinski definition) is 4. The monoisotopic (exact) mass is 499 g/mol. The summed E-state index contributed by atoms with van der Waals surface area (Å²) in [5.74, 6) is -0.258. The first-order valence-electron chi connectivity index (χ1n) is 11.8. The lowest BCUT2D eigenvalue weighted by atomic mass is 10.0.